The summed E-state index contributed by atoms with van der Waals surface area (Å²) in [6.45, 7) is 0. The molecule has 0 amide bonds. The Kier molecular flexibility index (Phi) is 4.22. The zero-order chi connectivity index (χ0) is 15.6. The van der Waals surface area contributed by atoms with Gasteiger partial charge in [-0.3, -0.25) is 4.98 Å². The Labute approximate surface area is 116 Å². The van der Waals surface area contributed by atoms with Crippen LogP contribution >= 0.6 is 0 Å². The lowest BCUT2D eigenvalue weighted by atomic mass is 9.98. The first kappa shape index (κ1) is 15.4. The topological polar surface area (TPSA) is 33.1 Å². The molecule has 0 aliphatic carbocycles. The lowest BCUT2D eigenvalue weighted by Crippen LogP contribution is -2.14. The zero-order valence-electron chi connectivity index (χ0n) is 10.5. The Morgan fingerprint density at radius 1 is 1.10 bits per heavy atom. The minimum Gasteiger partial charge on any atom is -0.388 e. The van der Waals surface area contributed by atoms with Crippen molar-refractivity contribution in [3.8, 4) is 0 Å². The van der Waals surface area contributed by atoms with Crippen LogP contribution in [0.4, 0.5) is 22.0 Å². The van der Waals surface area contributed by atoms with E-state index in [2.05, 4.69) is 4.98 Å². The van der Waals surface area contributed by atoms with Crippen LogP contribution in [0.1, 0.15) is 22.8 Å². The molecule has 1 atom stereocenters. The largest absolute Gasteiger partial charge is 0.416 e. The summed E-state index contributed by atoms with van der Waals surface area (Å²) in [5, 5.41) is 9.92. The average molecular weight is 303 g/mol. The number of aliphatic hydroxyl groups excluding tert-OH is 1. The van der Waals surface area contributed by atoms with Gasteiger partial charge in [-0.25, -0.2) is 8.78 Å². The molecule has 0 bridgehead atoms. The molecule has 0 aliphatic rings. The minimum absolute atomic E-state index is 0.179. The van der Waals surface area contributed by atoms with Gasteiger partial charge in [0.25, 0.3) is 0 Å². The molecule has 0 saturated heterocycles. The molecule has 1 aromatic carbocycles. The van der Waals surface area contributed by atoms with Crippen molar-refractivity contribution in [1.29, 1.82) is 0 Å². The van der Waals surface area contributed by atoms with Crippen molar-refractivity contribution >= 4 is 0 Å². The summed E-state index contributed by atoms with van der Waals surface area (Å²) in [6.07, 6.45) is -4.57. The molecule has 1 aromatic heterocycles. The number of rotatable bonds is 3. The van der Waals surface area contributed by atoms with Crippen LogP contribution in [0.3, 0.4) is 0 Å². The highest BCUT2D eigenvalue weighted by molar-refractivity contribution is 5.30. The third kappa shape index (κ3) is 3.55. The summed E-state index contributed by atoms with van der Waals surface area (Å²) in [6, 6.07) is 3.64. The third-order valence-electron chi connectivity index (χ3n) is 2.93. The lowest BCUT2D eigenvalue weighted by Gasteiger charge is -2.17. The summed E-state index contributed by atoms with van der Waals surface area (Å²) >= 11 is 0. The standard InChI is InChI=1S/C14H10F5NO/c15-11-2-1-8(5-12(11)16)6-13(21)9-7-20-4-3-10(9)14(17,18)19/h1-5,7,13,21H,6H2. The van der Waals surface area contributed by atoms with Gasteiger partial charge in [0.05, 0.1) is 11.7 Å². The SMILES string of the molecule is OC(Cc1ccc(F)c(F)c1)c1cnccc1C(F)(F)F. The molecule has 0 spiro atoms. The summed E-state index contributed by atoms with van der Waals surface area (Å²) in [4.78, 5) is 3.56. The number of benzene rings is 1. The van der Waals surface area contributed by atoms with Crippen LogP contribution in [-0.4, -0.2) is 10.1 Å². The highest BCUT2D eigenvalue weighted by Gasteiger charge is 2.35. The fourth-order valence-corrected chi connectivity index (χ4v) is 1.93. The number of hydrogen-bond donors (Lipinski definition) is 1. The van der Waals surface area contributed by atoms with E-state index < -0.39 is 35.0 Å². The number of hydrogen-bond acceptors (Lipinski definition) is 2. The van der Waals surface area contributed by atoms with Crippen molar-refractivity contribution in [3.63, 3.8) is 0 Å². The molecule has 0 radical (unpaired) electrons. The molecular weight excluding hydrogens is 293 g/mol. The number of halogens is 5. The Hall–Kier alpha value is -2.02. The lowest BCUT2D eigenvalue weighted by molar-refractivity contribution is -0.139. The van der Waals surface area contributed by atoms with Crippen LogP contribution in [-0.2, 0) is 12.6 Å². The second-order valence-corrected chi connectivity index (χ2v) is 4.43. The van der Waals surface area contributed by atoms with Crippen LogP contribution in [0.2, 0.25) is 0 Å². The van der Waals surface area contributed by atoms with Gasteiger partial charge < -0.3 is 5.11 Å². The van der Waals surface area contributed by atoms with Gasteiger partial charge in [-0.05, 0) is 23.8 Å². The van der Waals surface area contributed by atoms with Crippen LogP contribution in [0.5, 0.6) is 0 Å². The van der Waals surface area contributed by atoms with Gasteiger partial charge in [-0.2, -0.15) is 13.2 Å². The van der Waals surface area contributed by atoms with Gasteiger partial charge in [0.15, 0.2) is 11.6 Å². The van der Waals surface area contributed by atoms with E-state index in [9.17, 15) is 27.1 Å². The van der Waals surface area contributed by atoms with Gasteiger partial charge in [-0.15, -0.1) is 0 Å². The Morgan fingerprint density at radius 2 is 1.81 bits per heavy atom. The fourth-order valence-electron chi connectivity index (χ4n) is 1.93. The summed E-state index contributed by atoms with van der Waals surface area (Å²) in [5.41, 5.74) is -1.24. The molecule has 0 aliphatic heterocycles. The van der Waals surface area contributed by atoms with Crippen molar-refractivity contribution < 1.29 is 27.1 Å². The molecule has 0 saturated carbocycles. The number of nitrogens with zero attached hydrogens (tertiary/aromatic N) is 1. The van der Waals surface area contributed by atoms with Crippen LogP contribution in [0, 0.1) is 11.6 Å². The Morgan fingerprint density at radius 3 is 2.43 bits per heavy atom. The fraction of sp³-hybridized carbons (Fsp3) is 0.214. The van der Waals surface area contributed by atoms with Gasteiger partial charge in [0.2, 0.25) is 0 Å². The molecule has 0 fully saturated rings. The van der Waals surface area contributed by atoms with E-state index in [1.807, 2.05) is 0 Å². The first-order valence-corrected chi connectivity index (χ1v) is 5.92. The number of alkyl halides is 3. The van der Waals surface area contributed by atoms with Crippen LogP contribution in [0.15, 0.2) is 36.7 Å². The van der Waals surface area contributed by atoms with E-state index in [-0.39, 0.29) is 12.0 Å². The normalized spacial score (nSPS) is 13.2. The van der Waals surface area contributed by atoms with E-state index in [1.165, 1.54) is 6.07 Å². The monoisotopic (exact) mass is 303 g/mol. The molecule has 7 heteroatoms. The van der Waals surface area contributed by atoms with Gasteiger partial charge in [0.1, 0.15) is 0 Å². The predicted octanol–water partition coefficient (Wildman–Crippen LogP) is 3.65. The van der Waals surface area contributed by atoms with Gasteiger partial charge in [-0.1, -0.05) is 6.07 Å². The van der Waals surface area contributed by atoms with Crippen LogP contribution in [0.25, 0.3) is 0 Å². The number of aromatic nitrogens is 1. The molecule has 1 unspecified atom stereocenters. The molecule has 112 valence electrons. The molecular formula is C14H10F5NO. The van der Waals surface area contributed by atoms with E-state index in [1.54, 1.807) is 0 Å². The van der Waals surface area contributed by atoms with Crippen molar-refractivity contribution in [2.45, 2.75) is 18.7 Å². The Bertz CT molecular complexity index is 642. The zero-order valence-corrected chi connectivity index (χ0v) is 10.5. The molecule has 1 N–H and O–H groups in total. The molecule has 2 rings (SSSR count). The molecule has 21 heavy (non-hydrogen) atoms. The molecule has 1 heterocycles. The van der Waals surface area contributed by atoms with E-state index in [0.717, 1.165) is 30.6 Å². The van der Waals surface area contributed by atoms with Crippen molar-refractivity contribution in [2.75, 3.05) is 0 Å². The molecule has 2 nitrogen and oxygen atoms in total. The summed E-state index contributed by atoms with van der Waals surface area (Å²) in [5.74, 6) is -2.19. The van der Waals surface area contributed by atoms with E-state index in [0.29, 0.717) is 0 Å². The van der Waals surface area contributed by atoms with Crippen molar-refractivity contribution in [3.05, 3.63) is 65.0 Å². The quantitative estimate of drug-likeness (QED) is 0.878. The first-order chi connectivity index (χ1) is 9.79. The predicted molar refractivity (Wildman–Crippen MR) is 64.3 cm³/mol. The third-order valence-corrected chi connectivity index (χ3v) is 2.93. The highest BCUT2D eigenvalue weighted by atomic mass is 19.4. The average Bonchev–Trinajstić information content (AvgIpc) is 2.42. The minimum atomic E-state index is -4.63. The number of pyridine rings is 1. The maximum atomic E-state index is 13.1. The van der Waals surface area contributed by atoms with Gasteiger partial charge >= 0.3 is 6.18 Å². The first-order valence-electron chi connectivity index (χ1n) is 5.92. The maximum Gasteiger partial charge on any atom is 0.416 e. The maximum absolute atomic E-state index is 13.1. The summed E-state index contributed by atoms with van der Waals surface area (Å²) < 4.78 is 64.3. The van der Waals surface area contributed by atoms with Gasteiger partial charge in [0, 0.05) is 24.4 Å². The molecule has 2 aromatic rings. The second-order valence-electron chi connectivity index (χ2n) is 4.43. The van der Waals surface area contributed by atoms with Crippen LogP contribution < -0.4 is 0 Å². The van der Waals surface area contributed by atoms with Crippen molar-refractivity contribution in [2.24, 2.45) is 0 Å². The highest BCUT2D eigenvalue weighted by Crippen LogP contribution is 2.34. The van der Waals surface area contributed by atoms with E-state index in [4.69, 9.17) is 0 Å². The summed E-state index contributed by atoms with van der Waals surface area (Å²) in [7, 11) is 0. The smallest absolute Gasteiger partial charge is 0.388 e. The van der Waals surface area contributed by atoms with Crippen molar-refractivity contribution in [1.82, 2.24) is 4.98 Å². The number of aliphatic hydroxyl groups is 1. The Balaban J connectivity index is 2.28. The second kappa shape index (κ2) is 5.77. The van der Waals surface area contributed by atoms with E-state index >= 15 is 0 Å².